The van der Waals surface area contributed by atoms with E-state index in [0.717, 1.165) is 24.0 Å². The van der Waals surface area contributed by atoms with Crippen molar-refractivity contribution < 1.29 is 19.4 Å². The number of aromatic hydroxyl groups is 1. The van der Waals surface area contributed by atoms with E-state index in [0.29, 0.717) is 24.5 Å². The zero-order valence-electron chi connectivity index (χ0n) is 14.6. The average Bonchev–Trinajstić information content (AvgIpc) is 2.96. The molecule has 2 aromatic rings. The van der Waals surface area contributed by atoms with Crippen LogP contribution in [-0.4, -0.2) is 36.2 Å². The molecular formula is C20H23NO4. The predicted molar refractivity (Wildman–Crippen MR) is 94.9 cm³/mol. The molecule has 25 heavy (non-hydrogen) atoms. The molecule has 0 saturated carbocycles. The number of likely N-dealkylation sites (tertiary alicyclic amines) is 1. The first kappa shape index (κ1) is 17.1. The summed E-state index contributed by atoms with van der Waals surface area (Å²) in [5, 5.41) is 9.41. The highest BCUT2D eigenvalue weighted by Crippen LogP contribution is 2.30. The van der Waals surface area contributed by atoms with Gasteiger partial charge in [0.25, 0.3) is 0 Å². The second-order valence-electron chi connectivity index (χ2n) is 6.27. The number of benzene rings is 2. The summed E-state index contributed by atoms with van der Waals surface area (Å²) in [4.78, 5) is 14.2. The van der Waals surface area contributed by atoms with E-state index >= 15 is 0 Å². The summed E-state index contributed by atoms with van der Waals surface area (Å²) >= 11 is 0. The minimum absolute atomic E-state index is 0.166. The molecule has 3 rings (SSSR count). The Bertz CT molecular complexity index is 742. The SMILES string of the molecule is COc1ccc(C[C@@H]2CCC(=O)N2Cc2ccc(O)cc2)cc1OC. The highest BCUT2D eigenvalue weighted by molar-refractivity contribution is 5.78. The van der Waals surface area contributed by atoms with Crippen LogP contribution in [0.5, 0.6) is 17.2 Å². The fraction of sp³-hybridized carbons (Fsp3) is 0.350. The summed E-state index contributed by atoms with van der Waals surface area (Å²) in [5.74, 6) is 1.82. The lowest BCUT2D eigenvalue weighted by atomic mass is 10.0. The van der Waals surface area contributed by atoms with Gasteiger partial charge < -0.3 is 19.5 Å². The molecule has 0 bridgehead atoms. The Hall–Kier alpha value is -2.69. The maximum atomic E-state index is 12.3. The Morgan fingerprint density at radius 2 is 1.72 bits per heavy atom. The Morgan fingerprint density at radius 1 is 1.04 bits per heavy atom. The third-order valence-electron chi connectivity index (χ3n) is 4.66. The number of carbonyl (C=O) groups is 1. The van der Waals surface area contributed by atoms with Crippen LogP contribution in [0.1, 0.15) is 24.0 Å². The van der Waals surface area contributed by atoms with Gasteiger partial charge in [-0.2, -0.15) is 0 Å². The van der Waals surface area contributed by atoms with Crippen molar-refractivity contribution in [3.8, 4) is 17.2 Å². The predicted octanol–water partition coefficient (Wildman–Crippen LogP) is 3.14. The van der Waals surface area contributed by atoms with E-state index in [1.807, 2.05) is 35.2 Å². The first-order valence-corrected chi connectivity index (χ1v) is 8.39. The summed E-state index contributed by atoms with van der Waals surface area (Å²) in [5.41, 5.74) is 2.14. The van der Waals surface area contributed by atoms with Crippen molar-refractivity contribution in [2.24, 2.45) is 0 Å². The molecule has 1 N–H and O–H groups in total. The fourth-order valence-corrected chi connectivity index (χ4v) is 3.30. The molecule has 0 radical (unpaired) electrons. The number of amides is 1. The van der Waals surface area contributed by atoms with Crippen LogP contribution < -0.4 is 9.47 Å². The van der Waals surface area contributed by atoms with Crippen LogP contribution >= 0.6 is 0 Å². The highest BCUT2D eigenvalue weighted by atomic mass is 16.5. The van der Waals surface area contributed by atoms with Gasteiger partial charge in [-0.05, 0) is 48.2 Å². The van der Waals surface area contributed by atoms with E-state index in [9.17, 15) is 9.90 Å². The lowest BCUT2D eigenvalue weighted by Gasteiger charge is -2.25. The van der Waals surface area contributed by atoms with Crippen molar-refractivity contribution in [3.63, 3.8) is 0 Å². The molecule has 0 aromatic heterocycles. The first-order chi connectivity index (χ1) is 12.1. The summed E-state index contributed by atoms with van der Waals surface area (Å²) in [6.07, 6.45) is 2.21. The summed E-state index contributed by atoms with van der Waals surface area (Å²) in [6.45, 7) is 0.567. The molecule has 0 spiro atoms. The minimum atomic E-state index is 0.166. The summed E-state index contributed by atoms with van der Waals surface area (Å²) in [7, 11) is 3.24. The van der Waals surface area contributed by atoms with E-state index in [4.69, 9.17) is 9.47 Å². The van der Waals surface area contributed by atoms with Crippen LogP contribution in [0.2, 0.25) is 0 Å². The quantitative estimate of drug-likeness (QED) is 0.877. The fourth-order valence-electron chi connectivity index (χ4n) is 3.30. The van der Waals surface area contributed by atoms with Gasteiger partial charge in [-0.25, -0.2) is 0 Å². The van der Waals surface area contributed by atoms with Crippen LogP contribution in [0, 0.1) is 0 Å². The number of phenols is 1. The first-order valence-electron chi connectivity index (χ1n) is 8.39. The molecule has 0 aliphatic carbocycles. The van der Waals surface area contributed by atoms with Crippen molar-refractivity contribution in [1.29, 1.82) is 0 Å². The molecule has 1 heterocycles. The third-order valence-corrected chi connectivity index (χ3v) is 4.66. The molecule has 0 unspecified atom stereocenters. The largest absolute Gasteiger partial charge is 0.508 e. The van der Waals surface area contributed by atoms with Crippen LogP contribution in [-0.2, 0) is 17.8 Å². The molecule has 5 nitrogen and oxygen atoms in total. The van der Waals surface area contributed by atoms with Crippen molar-refractivity contribution in [2.75, 3.05) is 14.2 Å². The maximum Gasteiger partial charge on any atom is 0.223 e. The summed E-state index contributed by atoms with van der Waals surface area (Å²) < 4.78 is 10.6. The van der Waals surface area contributed by atoms with Gasteiger partial charge in [0.1, 0.15) is 5.75 Å². The van der Waals surface area contributed by atoms with Crippen molar-refractivity contribution in [3.05, 3.63) is 53.6 Å². The van der Waals surface area contributed by atoms with Gasteiger partial charge in [-0.3, -0.25) is 4.79 Å². The van der Waals surface area contributed by atoms with E-state index in [1.54, 1.807) is 26.4 Å². The second-order valence-corrected chi connectivity index (χ2v) is 6.27. The number of ether oxygens (including phenoxy) is 2. The smallest absolute Gasteiger partial charge is 0.223 e. The molecule has 1 amide bonds. The van der Waals surface area contributed by atoms with E-state index in [2.05, 4.69) is 0 Å². The molecule has 1 fully saturated rings. The van der Waals surface area contributed by atoms with Crippen molar-refractivity contribution in [2.45, 2.75) is 31.8 Å². The number of hydrogen-bond donors (Lipinski definition) is 1. The molecule has 1 saturated heterocycles. The van der Waals surface area contributed by atoms with Gasteiger partial charge in [-0.1, -0.05) is 18.2 Å². The Balaban J connectivity index is 1.74. The number of nitrogens with zero attached hydrogens (tertiary/aromatic N) is 1. The van der Waals surface area contributed by atoms with Crippen LogP contribution in [0.3, 0.4) is 0 Å². The van der Waals surface area contributed by atoms with Crippen molar-refractivity contribution >= 4 is 5.91 Å². The number of carbonyl (C=O) groups excluding carboxylic acids is 1. The zero-order valence-corrected chi connectivity index (χ0v) is 14.6. The molecular weight excluding hydrogens is 318 g/mol. The molecule has 1 aliphatic heterocycles. The Kier molecular flexibility index (Phi) is 5.12. The Labute approximate surface area is 147 Å². The number of rotatable bonds is 6. The molecule has 132 valence electrons. The standard InChI is InChI=1S/C20H23NO4/c1-24-18-9-5-15(12-19(18)25-2)11-16-6-10-20(23)21(16)13-14-3-7-17(22)8-4-14/h3-5,7-9,12,16,22H,6,10-11,13H2,1-2H3/t16-/m0/s1. The molecule has 1 atom stereocenters. The lowest BCUT2D eigenvalue weighted by molar-refractivity contribution is -0.129. The second kappa shape index (κ2) is 7.47. The van der Waals surface area contributed by atoms with Gasteiger partial charge in [0.15, 0.2) is 11.5 Å². The number of phenolic OH excluding ortho intramolecular Hbond substituents is 1. The van der Waals surface area contributed by atoms with E-state index in [1.165, 1.54) is 0 Å². The Morgan fingerprint density at radius 3 is 2.40 bits per heavy atom. The van der Waals surface area contributed by atoms with Gasteiger partial charge in [0, 0.05) is 19.0 Å². The van der Waals surface area contributed by atoms with Gasteiger partial charge in [0.2, 0.25) is 5.91 Å². The van der Waals surface area contributed by atoms with Gasteiger partial charge >= 0.3 is 0 Å². The topological polar surface area (TPSA) is 59.0 Å². The van der Waals surface area contributed by atoms with Crippen LogP contribution in [0.4, 0.5) is 0 Å². The average molecular weight is 341 g/mol. The van der Waals surface area contributed by atoms with Crippen molar-refractivity contribution in [1.82, 2.24) is 4.90 Å². The normalized spacial score (nSPS) is 17.0. The number of methoxy groups -OCH3 is 2. The van der Waals surface area contributed by atoms with E-state index in [-0.39, 0.29) is 17.7 Å². The summed E-state index contributed by atoms with van der Waals surface area (Å²) in [6, 6.07) is 13.1. The molecule has 1 aliphatic rings. The zero-order chi connectivity index (χ0) is 17.8. The monoisotopic (exact) mass is 341 g/mol. The minimum Gasteiger partial charge on any atom is -0.508 e. The van der Waals surface area contributed by atoms with Crippen LogP contribution in [0.15, 0.2) is 42.5 Å². The number of hydrogen-bond acceptors (Lipinski definition) is 4. The molecule has 2 aromatic carbocycles. The van der Waals surface area contributed by atoms with Gasteiger partial charge in [0.05, 0.1) is 14.2 Å². The highest BCUT2D eigenvalue weighted by Gasteiger charge is 2.31. The van der Waals surface area contributed by atoms with E-state index < -0.39 is 0 Å². The maximum absolute atomic E-state index is 12.3. The third kappa shape index (κ3) is 3.87. The lowest BCUT2D eigenvalue weighted by Crippen LogP contribution is -2.33. The molecule has 5 heteroatoms. The van der Waals surface area contributed by atoms with Crippen LogP contribution in [0.25, 0.3) is 0 Å². The van der Waals surface area contributed by atoms with Gasteiger partial charge in [-0.15, -0.1) is 0 Å².